The molecular formula is C14H10N2S. The second-order valence-electron chi connectivity index (χ2n) is 3.82. The monoisotopic (exact) mass is 238 g/mol. The summed E-state index contributed by atoms with van der Waals surface area (Å²) >= 11 is 5.06. The fourth-order valence-corrected chi connectivity index (χ4v) is 2.16. The Bertz CT molecular complexity index is 726. The molecule has 3 rings (SSSR count). The lowest BCUT2D eigenvalue weighted by Crippen LogP contribution is -1.87. The highest BCUT2D eigenvalue weighted by atomic mass is 32.1. The molecule has 0 atom stereocenters. The second-order valence-corrected chi connectivity index (χ2v) is 4.20. The zero-order valence-electron chi connectivity index (χ0n) is 9.05. The maximum absolute atomic E-state index is 5.06. The zero-order valence-corrected chi connectivity index (χ0v) is 9.87. The van der Waals surface area contributed by atoms with Crippen molar-refractivity contribution in [1.82, 2.24) is 9.97 Å². The van der Waals surface area contributed by atoms with Crippen LogP contribution in [0.3, 0.4) is 0 Å². The summed E-state index contributed by atoms with van der Waals surface area (Å²) in [4.78, 5) is 7.12. The van der Waals surface area contributed by atoms with Crippen LogP contribution in [-0.4, -0.2) is 9.97 Å². The molecule has 0 fully saturated rings. The van der Waals surface area contributed by atoms with Crippen LogP contribution in [0.25, 0.3) is 22.0 Å². The van der Waals surface area contributed by atoms with Crippen LogP contribution in [-0.2, 0) is 0 Å². The molecule has 1 heterocycles. The Hall–Kier alpha value is -2.00. The van der Waals surface area contributed by atoms with Crippen molar-refractivity contribution in [1.29, 1.82) is 0 Å². The lowest BCUT2D eigenvalue weighted by molar-refractivity contribution is 1.14. The summed E-state index contributed by atoms with van der Waals surface area (Å²) in [6.07, 6.45) is 1.73. The van der Waals surface area contributed by atoms with Crippen molar-refractivity contribution >= 4 is 23.0 Å². The molecule has 0 bridgehead atoms. The van der Waals surface area contributed by atoms with Crippen LogP contribution in [0.5, 0.6) is 0 Å². The number of rotatable bonds is 1. The smallest absolute Gasteiger partial charge is 0.197 e. The van der Waals surface area contributed by atoms with E-state index in [1.54, 1.807) is 6.20 Å². The van der Waals surface area contributed by atoms with Gasteiger partial charge in [0, 0.05) is 17.5 Å². The van der Waals surface area contributed by atoms with Crippen molar-refractivity contribution in [2.24, 2.45) is 0 Å². The molecule has 1 N–H and O–H groups in total. The average Bonchev–Trinajstić information content (AvgIpc) is 2.38. The third-order valence-corrected chi connectivity index (χ3v) is 2.96. The fourth-order valence-electron chi connectivity index (χ4n) is 1.99. The molecule has 17 heavy (non-hydrogen) atoms. The summed E-state index contributed by atoms with van der Waals surface area (Å²) < 4.78 is 0.510. The van der Waals surface area contributed by atoms with Gasteiger partial charge in [0.15, 0.2) is 4.77 Å². The van der Waals surface area contributed by atoms with Crippen LogP contribution in [0.2, 0.25) is 0 Å². The highest BCUT2D eigenvalue weighted by molar-refractivity contribution is 7.71. The Morgan fingerprint density at radius 1 is 0.941 bits per heavy atom. The van der Waals surface area contributed by atoms with Crippen molar-refractivity contribution in [3.8, 4) is 11.3 Å². The summed E-state index contributed by atoms with van der Waals surface area (Å²) in [5.41, 5.74) is 2.15. The van der Waals surface area contributed by atoms with Gasteiger partial charge in [-0.1, -0.05) is 42.5 Å². The van der Waals surface area contributed by atoms with Gasteiger partial charge in [0.2, 0.25) is 0 Å². The number of fused-ring (bicyclic) bond motifs is 1. The quantitative estimate of drug-likeness (QED) is 0.650. The van der Waals surface area contributed by atoms with E-state index in [0.717, 1.165) is 11.3 Å². The van der Waals surface area contributed by atoms with Gasteiger partial charge in [0.1, 0.15) is 0 Å². The number of benzene rings is 2. The van der Waals surface area contributed by atoms with E-state index < -0.39 is 0 Å². The summed E-state index contributed by atoms with van der Waals surface area (Å²) in [5, 5.41) is 2.44. The van der Waals surface area contributed by atoms with E-state index in [-0.39, 0.29) is 0 Å². The first-order chi connectivity index (χ1) is 8.34. The average molecular weight is 238 g/mol. The molecule has 3 heteroatoms. The number of nitrogens with zero attached hydrogens (tertiary/aromatic N) is 1. The van der Waals surface area contributed by atoms with Gasteiger partial charge < -0.3 is 4.98 Å². The molecule has 0 amide bonds. The van der Waals surface area contributed by atoms with Crippen molar-refractivity contribution in [3.05, 3.63) is 59.5 Å². The molecule has 2 nitrogen and oxygen atoms in total. The number of hydrogen-bond donors (Lipinski definition) is 1. The molecule has 0 saturated heterocycles. The molecular weight excluding hydrogens is 228 g/mol. The van der Waals surface area contributed by atoms with Crippen molar-refractivity contribution in [2.75, 3.05) is 0 Å². The van der Waals surface area contributed by atoms with E-state index in [1.807, 2.05) is 18.2 Å². The van der Waals surface area contributed by atoms with Crippen LogP contribution in [0.1, 0.15) is 0 Å². The molecule has 0 aliphatic rings. The third kappa shape index (κ3) is 1.85. The number of H-pyrrole nitrogens is 1. The number of hydrogen-bond acceptors (Lipinski definition) is 2. The Balaban J connectivity index is 2.34. The first-order valence-electron chi connectivity index (χ1n) is 5.38. The predicted octanol–water partition coefficient (Wildman–Crippen LogP) is 3.96. The van der Waals surface area contributed by atoms with E-state index in [1.165, 1.54) is 10.8 Å². The number of nitrogens with one attached hydrogen (secondary N) is 1. The van der Waals surface area contributed by atoms with Crippen LogP contribution >= 0.6 is 12.2 Å². The highest BCUT2D eigenvalue weighted by Gasteiger charge is 2.02. The summed E-state index contributed by atoms with van der Waals surface area (Å²) in [7, 11) is 0. The lowest BCUT2D eigenvalue weighted by Gasteiger charge is -2.06. The fraction of sp³-hybridized carbons (Fsp3) is 0. The summed E-state index contributed by atoms with van der Waals surface area (Å²) in [6, 6.07) is 16.5. The molecule has 0 radical (unpaired) electrons. The van der Waals surface area contributed by atoms with Crippen molar-refractivity contribution < 1.29 is 0 Å². The SMILES string of the molecule is S=c1nccc(-c2cccc3ccccc23)[nH]1. The van der Waals surface area contributed by atoms with Crippen LogP contribution < -0.4 is 0 Å². The predicted molar refractivity (Wildman–Crippen MR) is 72.4 cm³/mol. The van der Waals surface area contributed by atoms with Gasteiger partial charge in [0.25, 0.3) is 0 Å². The van der Waals surface area contributed by atoms with E-state index in [4.69, 9.17) is 12.2 Å². The van der Waals surface area contributed by atoms with Gasteiger partial charge in [-0.05, 0) is 29.1 Å². The van der Waals surface area contributed by atoms with Crippen molar-refractivity contribution in [2.45, 2.75) is 0 Å². The van der Waals surface area contributed by atoms with Gasteiger partial charge in [0.05, 0.1) is 0 Å². The first kappa shape index (κ1) is 10.2. The second kappa shape index (κ2) is 4.11. The Morgan fingerprint density at radius 3 is 2.65 bits per heavy atom. The number of aromatic amines is 1. The maximum Gasteiger partial charge on any atom is 0.197 e. The van der Waals surface area contributed by atoms with E-state index in [9.17, 15) is 0 Å². The van der Waals surface area contributed by atoms with Gasteiger partial charge in [-0.25, -0.2) is 4.98 Å². The zero-order chi connectivity index (χ0) is 11.7. The molecule has 2 aromatic carbocycles. The standard InChI is InChI=1S/C14H10N2S/c17-14-15-9-8-13(16-14)12-7-3-5-10-4-1-2-6-11(10)12/h1-9H,(H,15,16,17). The van der Waals surface area contributed by atoms with Gasteiger partial charge in [-0.15, -0.1) is 0 Å². The number of aromatic nitrogens is 2. The largest absolute Gasteiger partial charge is 0.330 e. The van der Waals surface area contributed by atoms with Crippen molar-refractivity contribution in [3.63, 3.8) is 0 Å². The summed E-state index contributed by atoms with van der Waals surface area (Å²) in [5.74, 6) is 0. The lowest BCUT2D eigenvalue weighted by atomic mass is 10.0. The third-order valence-electron chi connectivity index (χ3n) is 2.75. The molecule has 82 valence electrons. The van der Waals surface area contributed by atoms with Gasteiger partial charge in [-0.2, -0.15) is 0 Å². The molecule has 0 saturated carbocycles. The first-order valence-corrected chi connectivity index (χ1v) is 5.79. The Kier molecular flexibility index (Phi) is 2.46. The minimum atomic E-state index is 0.510. The minimum absolute atomic E-state index is 0.510. The van der Waals surface area contributed by atoms with E-state index in [2.05, 4.69) is 40.3 Å². The Labute approximate surface area is 104 Å². The molecule has 3 aromatic rings. The van der Waals surface area contributed by atoms with E-state index in [0.29, 0.717) is 4.77 Å². The topological polar surface area (TPSA) is 28.7 Å². The molecule has 0 unspecified atom stereocenters. The normalized spacial score (nSPS) is 10.6. The minimum Gasteiger partial charge on any atom is -0.330 e. The van der Waals surface area contributed by atoms with E-state index >= 15 is 0 Å². The van der Waals surface area contributed by atoms with Crippen LogP contribution in [0, 0.1) is 4.77 Å². The van der Waals surface area contributed by atoms with Gasteiger partial charge in [-0.3, -0.25) is 0 Å². The summed E-state index contributed by atoms with van der Waals surface area (Å²) in [6.45, 7) is 0. The van der Waals surface area contributed by atoms with Crippen LogP contribution in [0.15, 0.2) is 54.7 Å². The highest BCUT2D eigenvalue weighted by Crippen LogP contribution is 2.26. The molecule has 0 spiro atoms. The molecule has 1 aromatic heterocycles. The van der Waals surface area contributed by atoms with Crippen LogP contribution in [0.4, 0.5) is 0 Å². The van der Waals surface area contributed by atoms with Gasteiger partial charge >= 0.3 is 0 Å². The molecule has 0 aliphatic heterocycles. The maximum atomic E-state index is 5.06. The Morgan fingerprint density at radius 2 is 1.76 bits per heavy atom. The molecule has 0 aliphatic carbocycles.